The normalized spacial score (nSPS) is 6.56. The molecule has 0 aromatic rings. The Kier molecular flexibility index (Phi) is 2.72. The Hall–Kier alpha value is -1.68. The average molecular weight is 124 g/mol. The van der Waals surface area contributed by atoms with Gasteiger partial charge in [0.05, 0.1) is 7.11 Å². The molecule has 0 rings (SSSR count). The van der Waals surface area contributed by atoms with Crippen LogP contribution in [0.4, 0.5) is 0 Å². The van der Waals surface area contributed by atoms with E-state index in [0.29, 0.717) is 0 Å². The minimum Gasteiger partial charge on any atom is -0.484 e. The molecule has 0 aliphatic heterocycles. The predicted molar refractivity (Wildman–Crippen MR) is 29.9 cm³/mol. The highest BCUT2D eigenvalue weighted by Crippen LogP contribution is 2.03. The van der Waals surface area contributed by atoms with Gasteiger partial charge in [-0.15, -0.1) is 9.69 Å². The van der Waals surface area contributed by atoms with Gasteiger partial charge < -0.3 is 9.84 Å². The van der Waals surface area contributed by atoms with Crippen LogP contribution >= 0.6 is 0 Å². The van der Waals surface area contributed by atoms with E-state index >= 15 is 0 Å². The van der Waals surface area contributed by atoms with Gasteiger partial charge in [-0.25, -0.2) is 0 Å². The SMILES string of the molecule is [C-]#[N+]C([N+]#[C-])=C(O)OC. The maximum atomic E-state index is 8.55. The van der Waals surface area contributed by atoms with Crippen molar-refractivity contribution in [2.75, 3.05) is 7.11 Å². The molecule has 0 aromatic carbocycles. The van der Waals surface area contributed by atoms with E-state index in [0.717, 1.165) is 0 Å². The van der Waals surface area contributed by atoms with E-state index in [9.17, 15) is 0 Å². The molecule has 1 N–H and O–H groups in total. The minimum absolute atomic E-state index is 0.447. The fourth-order valence-electron chi connectivity index (χ4n) is 0.212. The number of aliphatic hydroxyl groups excluding tert-OH is 1. The van der Waals surface area contributed by atoms with E-state index in [4.69, 9.17) is 18.3 Å². The van der Waals surface area contributed by atoms with Crippen LogP contribution in [0.15, 0.2) is 11.8 Å². The first-order valence-electron chi connectivity index (χ1n) is 1.98. The molecule has 0 bridgehead atoms. The lowest BCUT2D eigenvalue weighted by Crippen LogP contribution is -1.85. The van der Waals surface area contributed by atoms with Crippen LogP contribution in [0.3, 0.4) is 0 Å². The maximum absolute atomic E-state index is 8.55. The first-order chi connectivity index (χ1) is 4.26. The van der Waals surface area contributed by atoms with Crippen LogP contribution in [0.1, 0.15) is 0 Å². The van der Waals surface area contributed by atoms with Crippen molar-refractivity contribution in [2.45, 2.75) is 0 Å². The van der Waals surface area contributed by atoms with Gasteiger partial charge in [-0.1, -0.05) is 0 Å². The monoisotopic (exact) mass is 124 g/mol. The number of rotatable bonds is 1. The van der Waals surface area contributed by atoms with Crippen molar-refractivity contribution in [3.05, 3.63) is 34.6 Å². The molecule has 0 saturated heterocycles. The van der Waals surface area contributed by atoms with E-state index in [2.05, 4.69) is 14.4 Å². The first-order valence-corrected chi connectivity index (χ1v) is 1.98. The number of methoxy groups -OCH3 is 1. The molecule has 0 saturated carbocycles. The van der Waals surface area contributed by atoms with Crippen molar-refractivity contribution >= 4 is 0 Å². The van der Waals surface area contributed by atoms with E-state index in [1.807, 2.05) is 0 Å². The number of hydrogen-bond donors (Lipinski definition) is 1. The number of hydrogen-bond acceptors (Lipinski definition) is 2. The summed E-state index contributed by atoms with van der Waals surface area (Å²) < 4.78 is 4.20. The molecule has 0 radical (unpaired) electrons. The van der Waals surface area contributed by atoms with Crippen LogP contribution in [0.5, 0.6) is 0 Å². The van der Waals surface area contributed by atoms with Crippen LogP contribution in [0.2, 0.25) is 0 Å². The second-order valence-electron chi connectivity index (χ2n) is 1.06. The van der Waals surface area contributed by atoms with Gasteiger partial charge in [0, 0.05) is 0 Å². The van der Waals surface area contributed by atoms with Gasteiger partial charge in [0.25, 0.3) is 0 Å². The van der Waals surface area contributed by atoms with Crippen LogP contribution in [-0.2, 0) is 4.74 Å². The Morgan fingerprint density at radius 2 is 1.89 bits per heavy atom. The van der Waals surface area contributed by atoms with Gasteiger partial charge in [0.15, 0.2) is 0 Å². The Bertz CT molecular complexity index is 190. The fourth-order valence-corrected chi connectivity index (χ4v) is 0.212. The van der Waals surface area contributed by atoms with E-state index in [1.165, 1.54) is 7.11 Å². The molecule has 0 fully saturated rings. The fraction of sp³-hybridized carbons (Fsp3) is 0.200. The lowest BCUT2D eigenvalue weighted by molar-refractivity contribution is 0.133. The zero-order valence-electron chi connectivity index (χ0n) is 4.75. The third-order valence-electron chi connectivity index (χ3n) is 0.596. The Morgan fingerprint density at radius 3 is 2.00 bits per heavy atom. The Labute approximate surface area is 52.6 Å². The average Bonchev–Trinajstić information content (AvgIpc) is 1.90. The molecule has 0 unspecified atom stereocenters. The molecule has 4 heteroatoms. The summed E-state index contributed by atoms with van der Waals surface area (Å²) in [7, 11) is 1.19. The second-order valence-corrected chi connectivity index (χ2v) is 1.06. The summed E-state index contributed by atoms with van der Waals surface area (Å²) in [5, 5.41) is 8.55. The third kappa shape index (κ3) is 1.70. The number of nitrogens with zero attached hydrogens (tertiary/aromatic N) is 2. The lowest BCUT2D eigenvalue weighted by Gasteiger charge is -1.88. The topological polar surface area (TPSA) is 38.2 Å². The van der Waals surface area contributed by atoms with Crippen molar-refractivity contribution in [3.63, 3.8) is 0 Å². The lowest BCUT2D eigenvalue weighted by atomic mass is 10.8. The molecule has 0 aromatic heterocycles. The zero-order valence-corrected chi connectivity index (χ0v) is 4.75. The van der Waals surface area contributed by atoms with Crippen LogP contribution in [0.25, 0.3) is 9.69 Å². The molecule has 4 nitrogen and oxygen atoms in total. The number of ether oxygens (including phenoxy) is 1. The van der Waals surface area contributed by atoms with Crippen molar-refractivity contribution in [3.8, 4) is 0 Å². The highest BCUT2D eigenvalue weighted by atomic mass is 16.6. The maximum Gasteiger partial charge on any atom is 0.599 e. The largest absolute Gasteiger partial charge is 0.599 e. The van der Waals surface area contributed by atoms with Gasteiger partial charge in [-0.2, -0.15) is 0 Å². The van der Waals surface area contributed by atoms with E-state index < -0.39 is 11.8 Å². The highest BCUT2D eigenvalue weighted by molar-refractivity contribution is 5.17. The molecular formula is C5H4N2O2. The van der Waals surface area contributed by atoms with E-state index in [-0.39, 0.29) is 0 Å². The summed E-state index contributed by atoms with van der Waals surface area (Å²) in [5.41, 5.74) is 0. The summed E-state index contributed by atoms with van der Waals surface area (Å²) in [6, 6.07) is 0. The molecule has 0 heterocycles. The van der Waals surface area contributed by atoms with Gasteiger partial charge in [0.2, 0.25) is 0 Å². The molecule has 0 atom stereocenters. The van der Waals surface area contributed by atoms with Crippen molar-refractivity contribution in [2.24, 2.45) is 0 Å². The quantitative estimate of drug-likeness (QED) is 0.420. The molecule has 0 aliphatic carbocycles. The smallest absolute Gasteiger partial charge is 0.484 e. The van der Waals surface area contributed by atoms with Crippen molar-refractivity contribution in [1.82, 2.24) is 0 Å². The number of aliphatic hydroxyl groups is 1. The van der Waals surface area contributed by atoms with Gasteiger partial charge in [-0.05, 0) is 0 Å². The summed E-state index contributed by atoms with van der Waals surface area (Å²) in [5.74, 6) is -1.07. The zero-order chi connectivity index (χ0) is 7.28. The summed E-state index contributed by atoms with van der Waals surface area (Å²) >= 11 is 0. The second kappa shape index (κ2) is 3.34. The van der Waals surface area contributed by atoms with Gasteiger partial charge >= 0.3 is 11.8 Å². The molecular weight excluding hydrogens is 120 g/mol. The van der Waals surface area contributed by atoms with Gasteiger partial charge in [0.1, 0.15) is 13.1 Å². The van der Waals surface area contributed by atoms with Crippen molar-refractivity contribution in [1.29, 1.82) is 0 Å². The molecule has 0 spiro atoms. The predicted octanol–water partition coefficient (Wildman–Crippen LogP) is 1.16. The van der Waals surface area contributed by atoms with Crippen LogP contribution < -0.4 is 0 Å². The Balaban J connectivity index is 4.49. The molecule has 0 aliphatic rings. The van der Waals surface area contributed by atoms with E-state index in [1.54, 1.807) is 0 Å². The molecule has 9 heavy (non-hydrogen) atoms. The summed E-state index contributed by atoms with van der Waals surface area (Å²) in [4.78, 5) is 5.36. The van der Waals surface area contributed by atoms with Crippen LogP contribution in [0, 0.1) is 13.1 Å². The molecule has 0 amide bonds. The third-order valence-corrected chi connectivity index (χ3v) is 0.596. The van der Waals surface area contributed by atoms with Gasteiger partial charge in [-0.3, -0.25) is 0 Å². The highest BCUT2D eigenvalue weighted by Gasteiger charge is 2.12. The minimum atomic E-state index is -0.625. The molecule has 46 valence electrons. The summed E-state index contributed by atoms with van der Waals surface area (Å²) in [6.45, 7) is 12.6. The summed E-state index contributed by atoms with van der Waals surface area (Å²) in [6.07, 6.45) is 0. The standard InChI is InChI=1S/C5H4N2O2/c1-6-4(7-2)5(8)9-3/h8H,3H3. The first kappa shape index (κ1) is 7.32. The van der Waals surface area contributed by atoms with Crippen LogP contribution in [-0.4, -0.2) is 12.2 Å². The van der Waals surface area contributed by atoms with Crippen molar-refractivity contribution < 1.29 is 9.84 Å². The Morgan fingerprint density at radius 1 is 1.44 bits per heavy atom.